The van der Waals surface area contributed by atoms with E-state index in [-0.39, 0.29) is 18.4 Å². The summed E-state index contributed by atoms with van der Waals surface area (Å²) in [5.41, 5.74) is 0.397. The van der Waals surface area contributed by atoms with Crippen LogP contribution in [0.5, 0.6) is 0 Å². The van der Waals surface area contributed by atoms with Crippen LogP contribution < -0.4 is 0 Å². The van der Waals surface area contributed by atoms with Gasteiger partial charge in [0.25, 0.3) is 5.91 Å². The maximum Gasteiger partial charge on any atom is 0.503 e. The van der Waals surface area contributed by atoms with Crippen molar-refractivity contribution in [1.29, 1.82) is 0 Å². The number of amides is 1. The molecule has 0 bridgehead atoms. The lowest BCUT2D eigenvalue weighted by molar-refractivity contribution is 0.0801. The normalized spacial score (nSPS) is 9.76. The maximum atomic E-state index is 12.0. The molecule has 0 aromatic carbocycles. The predicted molar refractivity (Wildman–Crippen MR) is 67.2 cm³/mol. The molecule has 0 aliphatic carbocycles. The molecule has 0 radical (unpaired) electrons. The number of carbonyl (C=O) groups excluding carboxylic acids is 2. The number of esters is 1. The molecule has 0 aliphatic rings. The lowest BCUT2D eigenvalue weighted by atomic mass is 10.2. The topological polar surface area (TPSA) is 66.7 Å². The smallest absolute Gasteiger partial charge is 0.352 e. The minimum atomic E-state index is -0.266. The van der Waals surface area contributed by atoms with Gasteiger partial charge in [-0.1, -0.05) is 12.2 Å². The number of nitrogens with zero attached hydrogens (tertiary/aromatic N) is 1. The van der Waals surface area contributed by atoms with Crippen LogP contribution in [-0.4, -0.2) is 46.8 Å². The number of likely N-dealkylation sites (N-methyl/N-ethyl adjacent to an activating group) is 1. The highest BCUT2D eigenvalue weighted by Crippen LogP contribution is 2.04. The average molecular weight is 255 g/mol. The van der Waals surface area contributed by atoms with Gasteiger partial charge in [0.05, 0.1) is 5.56 Å². The van der Waals surface area contributed by atoms with E-state index in [0.29, 0.717) is 16.8 Å². The van der Waals surface area contributed by atoms with E-state index in [1.54, 1.807) is 32.3 Å². The van der Waals surface area contributed by atoms with Crippen LogP contribution >= 0.6 is 12.2 Å². The summed E-state index contributed by atoms with van der Waals surface area (Å²) in [4.78, 5) is 25.4. The summed E-state index contributed by atoms with van der Waals surface area (Å²) in [5.74, 6) is -0.452. The zero-order chi connectivity index (χ0) is 12.8. The van der Waals surface area contributed by atoms with Gasteiger partial charge in [0, 0.05) is 13.2 Å². The van der Waals surface area contributed by atoms with Crippen LogP contribution in [-0.2, 0) is 4.74 Å². The van der Waals surface area contributed by atoms with E-state index in [1.165, 1.54) is 4.90 Å². The number of carbonyl (C=O) groups is 1. The Balaban J connectivity index is 2.74. The minimum absolute atomic E-state index is 0.0241. The van der Waals surface area contributed by atoms with E-state index in [4.69, 9.17) is 17.0 Å². The van der Waals surface area contributed by atoms with Crippen LogP contribution in [0, 0.1) is 4.64 Å². The number of aromatic amines is 1. The standard InChI is InChI=1S/C11H14N2O3S/c1-3-16-9(14)7-13(2)11(15)8-5-4-6-12-10(8)17/h4-6H,3,7H2,1-2H3,(H,12,17)/p+1. The van der Waals surface area contributed by atoms with E-state index in [9.17, 15) is 9.59 Å². The van der Waals surface area contributed by atoms with E-state index >= 15 is 0 Å². The Morgan fingerprint density at radius 1 is 1.65 bits per heavy atom. The summed E-state index contributed by atoms with van der Waals surface area (Å²) in [6.45, 7) is 2.14. The van der Waals surface area contributed by atoms with Gasteiger partial charge in [-0.05, 0) is 19.1 Å². The van der Waals surface area contributed by atoms with Crippen molar-refractivity contribution in [3.8, 4) is 0 Å². The molecule has 0 spiro atoms. The number of hydrogen-bond acceptors (Lipinski definition) is 3. The molecule has 2 N–H and O–H groups in total. The zero-order valence-electron chi connectivity index (χ0n) is 9.77. The number of rotatable bonds is 4. The number of pyridine rings is 1. The molecule has 17 heavy (non-hydrogen) atoms. The number of nitrogens with one attached hydrogen (secondary N) is 1. The summed E-state index contributed by atoms with van der Waals surface area (Å²) < 4.78 is 5.25. The fourth-order valence-electron chi connectivity index (χ4n) is 1.28. The second-order valence-corrected chi connectivity index (χ2v) is 3.81. The van der Waals surface area contributed by atoms with Gasteiger partial charge >= 0.3 is 5.97 Å². The van der Waals surface area contributed by atoms with Gasteiger partial charge in [-0.2, -0.15) is 0 Å². The number of aromatic nitrogens is 1. The Labute approximate surface area is 104 Å². The largest absolute Gasteiger partial charge is 0.503 e. The Bertz CT molecular complexity index is 470. The highest BCUT2D eigenvalue weighted by Gasteiger charge is 2.20. The van der Waals surface area contributed by atoms with Gasteiger partial charge in [0.15, 0.2) is 13.2 Å². The van der Waals surface area contributed by atoms with Crippen molar-refractivity contribution in [2.75, 3.05) is 20.2 Å². The Kier molecular flexibility index (Phi) is 4.84. The van der Waals surface area contributed by atoms with Crippen LogP contribution in [0.25, 0.3) is 0 Å². The quantitative estimate of drug-likeness (QED) is 0.502. The van der Waals surface area contributed by atoms with Gasteiger partial charge in [0.2, 0.25) is 0 Å². The molecule has 0 saturated carbocycles. The Morgan fingerprint density at radius 2 is 2.35 bits per heavy atom. The third-order valence-electron chi connectivity index (χ3n) is 2.08. The van der Waals surface area contributed by atoms with Crippen LogP contribution in [0.2, 0.25) is 0 Å². The number of hydrogen-bond donors (Lipinski definition) is 1. The summed E-state index contributed by atoms with van der Waals surface area (Å²) in [5, 5.41) is 0. The van der Waals surface area contributed by atoms with Gasteiger partial charge in [-0.25, -0.2) is 0 Å². The van der Waals surface area contributed by atoms with Crippen molar-refractivity contribution in [3.63, 3.8) is 0 Å². The molecule has 0 saturated heterocycles. The first-order valence-corrected chi connectivity index (χ1v) is 5.57. The lowest BCUT2D eigenvalue weighted by Gasteiger charge is -2.13. The first-order chi connectivity index (χ1) is 8.06. The summed E-state index contributed by atoms with van der Waals surface area (Å²) >= 11 is 5.01. The minimum Gasteiger partial charge on any atom is -0.352 e. The predicted octanol–water partition coefficient (Wildman–Crippen LogP) is 1.36. The molecule has 0 unspecified atom stereocenters. The van der Waals surface area contributed by atoms with Crippen molar-refractivity contribution < 1.29 is 14.3 Å². The lowest BCUT2D eigenvalue weighted by Crippen LogP contribution is -2.33. The second kappa shape index (κ2) is 6.15. The third kappa shape index (κ3) is 3.67. The monoisotopic (exact) mass is 255 g/mol. The molecular weight excluding hydrogens is 240 g/mol. The fourth-order valence-corrected chi connectivity index (χ4v) is 1.51. The van der Waals surface area contributed by atoms with E-state index in [2.05, 4.69) is 4.98 Å². The highest BCUT2D eigenvalue weighted by molar-refractivity contribution is 7.71. The summed E-state index contributed by atoms with van der Waals surface area (Å²) in [7, 11) is 1.57. The van der Waals surface area contributed by atoms with Crippen molar-refractivity contribution in [2.45, 2.75) is 6.92 Å². The zero-order valence-corrected chi connectivity index (χ0v) is 10.6. The van der Waals surface area contributed by atoms with E-state index in [1.807, 2.05) is 0 Å². The van der Waals surface area contributed by atoms with E-state index in [0.717, 1.165) is 0 Å². The highest BCUT2D eigenvalue weighted by atomic mass is 32.1. The van der Waals surface area contributed by atoms with Crippen molar-refractivity contribution in [3.05, 3.63) is 28.5 Å². The molecule has 0 aliphatic heterocycles. The van der Waals surface area contributed by atoms with Gasteiger partial charge in [0.1, 0.15) is 4.64 Å². The van der Waals surface area contributed by atoms with Gasteiger partial charge in [-0.3, -0.25) is 4.79 Å². The molecule has 1 aromatic rings. The first kappa shape index (κ1) is 13.4. The molecule has 92 valence electrons. The Hall–Kier alpha value is -1.69. The van der Waals surface area contributed by atoms with Crippen molar-refractivity contribution >= 4 is 24.1 Å². The Morgan fingerprint density at radius 3 is 2.94 bits per heavy atom. The molecule has 0 atom stereocenters. The number of H-pyrrole nitrogens is 1. The van der Waals surface area contributed by atoms with Crippen LogP contribution in [0.15, 0.2) is 18.3 Å². The molecule has 5 nitrogen and oxygen atoms in total. The molecular formula is C11H15N2O3S+. The maximum absolute atomic E-state index is 12.0. The fraction of sp³-hybridized carbons (Fsp3) is 0.364. The first-order valence-electron chi connectivity index (χ1n) is 5.17. The average Bonchev–Trinajstić information content (AvgIpc) is 2.29. The second-order valence-electron chi connectivity index (χ2n) is 3.40. The van der Waals surface area contributed by atoms with Crippen LogP contribution in [0.1, 0.15) is 17.3 Å². The van der Waals surface area contributed by atoms with Crippen molar-refractivity contribution in [1.82, 2.24) is 9.88 Å². The van der Waals surface area contributed by atoms with Crippen LogP contribution in [0.3, 0.4) is 0 Å². The molecule has 1 heterocycles. The molecule has 1 aromatic heterocycles. The SMILES string of the molecule is CCOC(=[OH+])CN(C)C(=O)c1ccc[nH]c1=S. The van der Waals surface area contributed by atoms with Gasteiger partial charge in [-0.15, -0.1) is 0 Å². The van der Waals surface area contributed by atoms with Crippen molar-refractivity contribution in [2.24, 2.45) is 0 Å². The molecule has 1 amide bonds. The van der Waals surface area contributed by atoms with Gasteiger partial charge < -0.3 is 19.4 Å². The molecule has 6 heteroatoms. The summed E-state index contributed by atoms with van der Waals surface area (Å²) in [6.07, 6.45) is 1.66. The molecule has 0 fully saturated rings. The third-order valence-corrected chi connectivity index (χ3v) is 2.42. The number of ether oxygens (including phenoxy) is 1. The summed E-state index contributed by atoms with van der Waals surface area (Å²) in [6, 6.07) is 3.33. The van der Waals surface area contributed by atoms with Crippen LogP contribution in [0.4, 0.5) is 0 Å². The van der Waals surface area contributed by atoms with E-state index < -0.39 is 0 Å². The molecule has 1 rings (SSSR count).